The van der Waals surface area contributed by atoms with Crippen LogP contribution in [0, 0.1) is 10.1 Å². The van der Waals surface area contributed by atoms with Crippen LogP contribution in [-0.2, 0) is 0 Å². The van der Waals surface area contributed by atoms with Crippen molar-refractivity contribution in [3.05, 3.63) is 28.3 Å². The molecule has 0 unspecified atom stereocenters. The largest absolute Gasteiger partial charge is 1.00 e. The summed E-state index contributed by atoms with van der Waals surface area (Å²) < 4.78 is 41.5. The molecular formula is C7H6BF3KNO3. The van der Waals surface area contributed by atoms with Gasteiger partial charge in [-0.05, 0) is 12.1 Å². The number of hydrogen-bond acceptors (Lipinski definition) is 3. The van der Waals surface area contributed by atoms with Crippen LogP contribution < -0.4 is 61.6 Å². The zero-order chi connectivity index (χ0) is 11.6. The molecule has 0 N–H and O–H groups in total. The Hall–Kier alpha value is -0.0887. The van der Waals surface area contributed by atoms with Crippen LogP contribution >= 0.6 is 0 Å². The molecule has 0 heterocycles. The van der Waals surface area contributed by atoms with E-state index in [9.17, 15) is 23.1 Å². The van der Waals surface area contributed by atoms with Gasteiger partial charge in [0.2, 0.25) is 0 Å². The summed E-state index contributed by atoms with van der Waals surface area (Å²) in [4.78, 5) is 9.44. The van der Waals surface area contributed by atoms with Gasteiger partial charge in [-0.2, -0.15) is 0 Å². The molecule has 4 nitrogen and oxygen atoms in total. The molecule has 16 heavy (non-hydrogen) atoms. The monoisotopic (exact) mass is 259 g/mol. The van der Waals surface area contributed by atoms with E-state index in [1.54, 1.807) is 0 Å². The molecule has 0 atom stereocenters. The average Bonchev–Trinajstić information content (AvgIpc) is 2.15. The Kier molecular flexibility index (Phi) is 5.98. The summed E-state index contributed by atoms with van der Waals surface area (Å²) in [5.74, 6) is -0.182. The molecule has 0 aliphatic rings. The number of halogens is 3. The van der Waals surface area contributed by atoms with Gasteiger partial charge in [0.05, 0.1) is 18.1 Å². The van der Waals surface area contributed by atoms with Crippen LogP contribution in [-0.4, -0.2) is 19.0 Å². The van der Waals surface area contributed by atoms with Crippen LogP contribution in [0.25, 0.3) is 0 Å². The average molecular weight is 259 g/mol. The zero-order valence-electron chi connectivity index (χ0n) is 8.62. The van der Waals surface area contributed by atoms with E-state index in [1.807, 2.05) is 0 Å². The fourth-order valence-corrected chi connectivity index (χ4v) is 1.02. The molecule has 0 saturated carbocycles. The van der Waals surface area contributed by atoms with Crippen LogP contribution in [0.5, 0.6) is 5.75 Å². The maximum atomic E-state index is 12.3. The molecule has 9 heteroatoms. The van der Waals surface area contributed by atoms with Crippen LogP contribution in [0.2, 0.25) is 0 Å². The van der Waals surface area contributed by atoms with Crippen LogP contribution in [0.15, 0.2) is 18.2 Å². The SMILES string of the molecule is COc1cc([N+](=O)[O-])cc([B-](F)(F)F)c1.[K+]. The standard InChI is InChI=1S/C7H6BF3NO3.K/c1-15-7-3-5(8(9,10)11)2-6(4-7)12(13)14;/h2-4H,1H3;/q-1;+1. The topological polar surface area (TPSA) is 52.4 Å². The first-order chi connectivity index (χ1) is 6.84. The van der Waals surface area contributed by atoms with Crippen molar-refractivity contribution in [1.82, 2.24) is 0 Å². The summed E-state index contributed by atoms with van der Waals surface area (Å²) in [5.41, 5.74) is -1.68. The maximum absolute atomic E-state index is 12.3. The van der Waals surface area contributed by atoms with Crippen LogP contribution in [0.4, 0.5) is 18.6 Å². The Morgan fingerprint density at radius 3 is 2.25 bits per heavy atom. The minimum absolute atomic E-state index is 0. The van der Waals surface area contributed by atoms with Crippen molar-refractivity contribution in [1.29, 1.82) is 0 Å². The molecule has 0 aromatic heterocycles. The van der Waals surface area contributed by atoms with Crippen molar-refractivity contribution in [2.24, 2.45) is 0 Å². The second-order valence-corrected chi connectivity index (χ2v) is 2.80. The number of rotatable bonds is 3. The molecular weight excluding hydrogens is 253 g/mol. The minimum atomic E-state index is -5.26. The van der Waals surface area contributed by atoms with Gasteiger partial charge in [-0.25, -0.2) is 0 Å². The van der Waals surface area contributed by atoms with Gasteiger partial charge in [0.1, 0.15) is 5.75 Å². The van der Waals surface area contributed by atoms with Crippen molar-refractivity contribution in [2.75, 3.05) is 7.11 Å². The summed E-state index contributed by atoms with van der Waals surface area (Å²) in [6.45, 7) is -5.26. The predicted octanol–water partition coefficient (Wildman–Crippen LogP) is -1.34. The zero-order valence-corrected chi connectivity index (χ0v) is 11.7. The molecule has 0 radical (unpaired) electrons. The molecule has 0 fully saturated rings. The fourth-order valence-electron chi connectivity index (χ4n) is 1.02. The smallest absolute Gasteiger partial charge is 0.497 e. The number of benzene rings is 1. The van der Waals surface area contributed by atoms with Gasteiger partial charge in [0.15, 0.2) is 0 Å². The van der Waals surface area contributed by atoms with Crippen LogP contribution in [0.1, 0.15) is 0 Å². The number of hydrogen-bond donors (Lipinski definition) is 0. The third kappa shape index (κ3) is 4.06. The predicted molar refractivity (Wildman–Crippen MR) is 48.4 cm³/mol. The summed E-state index contributed by atoms with van der Waals surface area (Å²) in [5, 5.41) is 10.3. The summed E-state index contributed by atoms with van der Waals surface area (Å²) in [6, 6.07) is 2.15. The Labute approximate surface area is 132 Å². The molecule has 0 aliphatic heterocycles. The number of ether oxygens (including phenoxy) is 1. The number of non-ortho nitro benzene ring substituents is 1. The third-order valence-corrected chi connectivity index (χ3v) is 1.74. The van der Waals surface area contributed by atoms with E-state index in [0.717, 1.165) is 19.2 Å². The van der Waals surface area contributed by atoms with E-state index < -0.39 is 23.1 Å². The Morgan fingerprint density at radius 2 is 1.88 bits per heavy atom. The van der Waals surface area contributed by atoms with Crippen LogP contribution in [0.3, 0.4) is 0 Å². The maximum Gasteiger partial charge on any atom is 1.00 e. The van der Waals surface area contributed by atoms with E-state index in [4.69, 9.17) is 0 Å². The van der Waals surface area contributed by atoms with Gasteiger partial charge < -0.3 is 17.7 Å². The molecule has 0 aliphatic carbocycles. The van der Waals surface area contributed by atoms with Crippen molar-refractivity contribution in [3.8, 4) is 5.75 Å². The molecule has 0 bridgehead atoms. The van der Waals surface area contributed by atoms with Gasteiger partial charge in [0, 0.05) is 0 Å². The van der Waals surface area contributed by atoms with E-state index in [1.165, 1.54) is 0 Å². The van der Waals surface area contributed by atoms with Gasteiger partial charge in [-0.15, -0.1) is 0 Å². The normalized spacial score (nSPS) is 10.5. The minimum Gasteiger partial charge on any atom is -0.497 e. The summed E-state index contributed by atoms with van der Waals surface area (Å²) in [6.07, 6.45) is 0. The second kappa shape index (κ2) is 6.01. The van der Waals surface area contributed by atoms with Gasteiger partial charge in [-0.3, -0.25) is 10.1 Å². The number of methoxy groups -OCH3 is 1. The second-order valence-electron chi connectivity index (χ2n) is 2.80. The molecule has 0 saturated heterocycles. The molecule has 0 amide bonds. The molecule has 1 rings (SSSR count). The first-order valence-electron chi connectivity index (χ1n) is 3.88. The van der Waals surface area contributed by atoms with Gasteiger partial charge in [-0.1, -0.05) is 5.46 Å². The van der Waals surface area contributed by atoms with E-state index in [-0.39, 0.29) is 57.1 Å². The number of nitro benzene ring substituents is 1. The number of nitro groups is 1. The van der Waals surface area contributed by atoms with Gasteiger partial charge in [0.25, 0.3) is 5.69 Å². The van der Waals surface area contributed by atoms with Crippen molar-refractivity contribution in [2.45, 2.75) is 0 Å². The Bertz CT molecular complexity index is 399. The first kappa shape index (κ1) is 15.9. The van der Waals surface area contributed by atoms with E-state index >= 15 is 0 Å². The summed E-state index contributed by atoms with van der Waals surface area (Å²) >= 11 is 0. The first-order valence-corrected chi connectivity index (χ1v) is 3.88. The van der Waals surface area contributed by atoms with E-state index in [0.29, 0.717) is 6.07 Å². The Morgan fingerprint density at radius 1 is 1.31 bits per heavy atom. The van der Waals surface area contributed by atoms with Crippen molar-refractivity contribution in [3.63, 3.8) is 0 Å². The quantitative estimate of drug-likeness (QED) is 0.383. The van der Waals surface area contributed by atoms with E-state index in [2.05, 4.69) is 4.74 Å². The van der Waals surface area contributed by atoms with Crippen molar-refractivity contribution < 1.29 is 74.0 Å². The molecule has 0 spiro atoms. The Balaban J connectivity index is 0.00000225. The number of nitrogens with zero attached hydrogens (tertiary/aromatic N) is 1. The van der Waals surface area contributed by atoms with Crippen molar-refractivity contribution >= 4 is 18.1 Å². The summed E-state index contributed by atoms with van der Waals surface area (Å²) in [7, 11) is 1.15. The molecule has 1 aromatic carbocycles. The fraction of sp³-hybridized carbons (Fsp3) is 0.143. The van der Waals surface area contributed by atoms with Gasteiger partial charge >= 0.3 is 58.4 Å². The molecule has 1 aromatic rings. The molecule has 82 valence electrons. The third-order valence-electron chi connectivity index (χ3n) is 1.74.